The van der Waals surface area contributed by atoms with Crippen molar-refractivity contribution in [2.75, 3.05) is 6.54 Å². The lowest BCUT2D eigenvalue weighted by molar-refractivity contribution is 0.756. The highest BCUT2D eigenvalue weighted by Gasteiger charge is 2.07. The maximum atomic E-state index is 4.37. The third-order valence-electron chi connectivity index (χ3n) is 2.47. The molecule has 0 aromatic carbocycles. The van der Waals surface area contributed by atoms with Crippen LogP contribution in [-0.4, -0.2) is 22.2 Å². The quantitative estimate of drug-likeness (QED) is 0.760. The van der Waals surface area contributed by atoms with Gasteiger partial charge in [0.05, 0.1) is 11.5 Å². The number of hydrogen-bond acceptors (Lipinski definition) is 3. The van der Waals surface area contributed by atoms with Crippen LogP contribution in [0.5, 0.6) is 0 Å². The van der Waals surface area contributed by atoms with Crippen LogP contribution in [0.25, 0.3) is 0 Å². The summed E-state index contributed by atoms with van der Waals surface area (Å²) in [5, 5.41) is 7.64. The van der Waals surface area contributed by atoms with Gasteiger partial charge in [-0.25, -0.2) is 0 Å². The van der Waals surface area contributed by atoms with Crippen LogP contribution in [0.2, 0.25) is 0 Å². The average molecular weight is 192 g/mol. The highest BCUT2D eigenvalue weighted by atomic mass is 15.3. The fourth-order valence-electron chi connectivity index (χ4n) is 1.70. The predicted octanol–water partition coefficient (Wildman–Crippen LogP) is 1.01. The Balaban J connectivity index is 1.94. The first-order valence-corrected chi connectivity index (χ1v) is 5.02. The summed E-state index contributed by atoms with van der Waals surface area (Å²) in [7, 11) is 1.95. The van der Waals surface area contributed by atoms with Gasteiger partial charge >= 0.3 is 0 Å². The Bertz CT molecular complexity index is 351. The second kappa shape index (κ2) is 3.82. The molecule has 0 bridgehead atoms. The van der Waals surface area contributed by atoms with Gasteiger partial charge < -0.3 is 5.32 Å². The molecule has 0 radical (unpaired) electrons. The van der Waals surface area contributed by atoms with Gasteiger partial charge in [0.1, 0.15) is 0 Å². The van der Waals surface area contributed by atoms with Crippen molar-refractivity contribution in [1.29, 1.82) is 0 Å². The van der Waals surface area contributed by atoms with E-state index in [1.165, 1.54) is 12.0 Å². The summed E-state index contributed by atoms with van der Waals surface area (Å²) < 4.78 is 1.85. The molecule has 0 saturated heterocycles. The molecule has 14 heavy (non-hydrogen) atoms. The largest absolute Gasteiger partial charge is 0.370 e. The van der Waals surface area contributed by atoms with Crippen LogP contribution in [0.1, 0.15) is 24.1 Å². The Morgan fingerprint density at radius 1 is 1.57 bits per heavy atom. The van der Waals surface area contributed by atoms with Crippen LogP contribution in [0.15, 0.2) is 11.2 Å². The number of hydrogen-bond donors (Lipinski definition) is 1. The van der Waals surface area contributed by atoms with Gasteiger partial charge in [-0.1, -0.05) is 0 Å². The molecule has 0 fully saturated rings. The van der Waals surface area contributed by atoms with Crippen molar-refractivity contribution in [3.8, 4) is 0 Å². The molecule has 0 amide bonds. The molecule has 2 heterocycles. The summed E-state index contributed by atoms with van der Waals surface area (Å²) in [4.78, 5) is 4.37. The highest BCUT2D eigenvalue weighted by Crippen LogP contribution is 2.06. The normalized spacial score (nSPS) is 15.7. The van der Waals surface area contributed by atoms with E-state index in [0.717, 1.165) is 31.0 Å². The summed E-state index contributed by atoms with van der Waals surface area (Å²) in [6, 6.07) is 0. The molecule has 0 atom stereocenters. The fraction of sp³-hybridized carbons (Fsp3) is 0.600. The lowest BCUT2D eigenvalue weighted by Gasteiger charge is -2.03. The van der Waals surface area contributed by atoms with Crippen LogP contribution in [-0.2, 0) is 13.6 Å². The van der Waals surface area contributed by atoms with Crippen LogP contribution in [0.4, 0.5) is 0 Å². The monoisotopic (exact) mass is 192 g/mol. The Labute approximate surface area is 84.0 Å². The van der Waals surface area contributed by atoms with E-state index in [0.29, 0.717) is 0 Å². The Morgan fingerprint density at radius 2 is 2.43 bits per heavy atom. The zero-order chi connectivity index (χ0) is 9.97. The minimum atomic E-state index is 0.846. The van der Waals surface area contributed by atoms with Crippen LogP contribution in [0.3, 0.4) is 0 Å². The number of nitrogens with zero attached hydrogens (tertiary/aromatic N) is 3. The van der Waals surface area contributed by atoms with Gasteiger partial charge in [-0.05, 0) is 13.3 Å². The minimum absolute atomic E-state index is 0.846. The molecule has 0 aliphatic carbocycles. The first kappa shape index (κ1) is 9.24. The SMILES string of the molecule is Cc1nn(C)cc1CNC1=NCCC1. The van der Waals surface area contributed by atoms with Gasteiger partial charge in [-0.15, -0.1) is 0 Å². The molecular weight excluding hydrogens is 176 g/mol. The molecule has 0 saturated carbocycles. The smallest absolute Gasteiger partial charge is 0.0966 e. The van der Waals surface area contributed by atoms with Crippen molar-refractivity contribution in [3.05, 3.63) is 17.5 Å². The van der Waals surface area contributed by atoms with E-state index in [1.54, 1.807) is 0 Å². The number of amidine groups is 1. The summed E-state index contributed by atoms with van der Waals surface area (Å²) in [5.41, 5.74) is 2.35. The minimum Gasteiger partial charge on any atom is -0.370 e. The zero-order valence-corrected chi connectivity index (χ0v) is 8.75. The van der Waals surface area contributed by atoms with Crippen molar-refractivity contribution in [1.82, 2.24) is 15.1 Å². The molecule has 1 N–H and O–H groups in total. The van der Waals surface area contributed by atoms with Crippen molar-refractivity contribution >= 4 is 5.84 Å². The summed E-state index contributed by atoms with van der Waals surface area (Å²) in [6.07, 6.45) is 4.34. The van der Waals surface area contributed by atoms with Crippen molar-refractivity contribution < 1.29 is 0 Å². The molecule has 4 heteroatoms. The second-order valence-electron chi connectivity index (χ2n) is 3.70. The summed E-state index contributed by atoms with van der Waals surface area (Å²) in [6.45, 7) is 3.86. The van der Waals surface area contributed by atoms with Crippen LogP contribution < -0.4 is 5.32 Å². The number of aromatic nitrogens is 2. The van der Waals surface area contributed by atoms with Crippen LogP contribution in [0, 0.1) is 6.92 Å². The maximum Gasteiger partial charge on any atom is 0.0966 e. The fourth-order valence-corrected chi connectivity index (χ4v) is 1.70. The molecular formula is C10H16N4. The van der Waals surface area contributed by atoms with Crippen molar-refractivity contribution in [2.45, 2.75) is 26.3 Å². The number of aryl methyl sites for hydroxylation is 2. The van der Waals surface area contributed by atoms with E-state index in [-0.39, 0.29) is 0 Å². The second-order valence-corrected chi connectivity index (χ2v) is 3.70. The Morgan fingerprint density at radius 3 is 3.00 bits per heavy atom. The van der Waals surface area contributed by atoms with Gasteiger partial charge in [0.15, 0.2) is 0 Å². The number of aliphatic imine (C=N–C) groups is 1. The summed E-state index contributed by atoms with van der Waals surface area (Å²) in [5.74, 6) is 1.15. The topological polar surface area (TPSA) is 42.2 Å². The molecule has 1 aliphatic heterocycles. The first-order chi connectivity index (χ1) is 6.75. The van der Waals surface area contributed by atoms with E-state index in [2.05, 4.69) is 21.6 Å². The molecule has 76 valence electrons. The van der Waals surface area contributed by atoms with E-state index >= 15 is 0 Å². The van der Waals surface area contributed by atoms with Gasteiger partial charge in [0.25, 0.3) is 0 Å². The van der Waals surface area contributed by atoms with Crippen LogP contribution >= 0.6 is 0 Å². The molecule has 1 aromatic rings. The lowest BCUT2D eigenvalue weighted by atomic mass is 10.2. The van der Waals surface area contributed by atoms with Gasteiger partial charge in [0.2, 0.25) is 0 Å². The average Bonchev–Trinajstić information content (AvgIpc) is 2.72. The van der Waals surface area contributed by atoms with Crippen molar-refractivity contribution in [3.63, 3.8) is 0 Å². The van der Waals surface area contributed by atoms with E-state index in [4.69, 9.17) is 0 Å². The van der Waals surface area contributed by atoms with E-state index in [1.807, 2.05) is 18.7 Å². The molecule has 4 nitrogen and oxygen atoms in total. The molecule has 0 unspecified atom stereocenters. The third kappa shape index (κ3) is 1.95. The van der Waals surface area contributed by atoms with E-state index < -0.39 is 0 Å². The Kier molecular flexibility index (Phi) is 2.52. The maximum absolute atomic E-state index is 4.37. The summed E-state index contributed by atoms with van der Waals surface area (Å²) >= 11 is 0. The Hall–Kier alpha value is -1.32. The molecule has 2 rings (SSSR count). The molecule has 0 spiro atoms. The van der Waals surface area contributed by atoms with Gasteiger partial charge in [-0.2, -0.15) is 5.10 Å². The molecule has 1 aliphatic rings. The third-order valence-corrected chi connectivity index (χ3v) is 2.47. The van der Waals surface area contributed by atoms with Gasteiger partial charge in [0, 0.05) is 38.3 Å². The number of nitrogens with one attached hydrogen (secondary N) is 1. The van der Waals surface area contributed by atoms with E-state index in [9.17, 15) is 0 Å². The number of rotatable bonds is 2. The lowest BCUT2D eigenvalue weighted by Crippen LogP contribution is -2.20. The molecule has 1 aromatic heterocycles. The predicted molar refractivity (Wildman–Crippen MR) is 56.3 cm³/mol. The standard InChI is InChI=1S/C10H16N4/c1-8-9(7-14(2)13-8)6-12-10-4-3-5-11-10/h7H,3-6H2,1-2H3,(H,11,12). The highest BCUT2D eigenvalue weighted by molar-refractivity contribution is 5.83. The van der Waals surface area contributed by atoms with Crippen molar-refractivity contribution in [2.24, 2.45) is 12.0 Å². The van der Waals surface area contributed by atoms with Gasteiger partial charge in [-0.3, -0.25) is 9.67 Å². The zero-order valence-electron chi connectivity index (χ0n) is 8.75. The first-order valence-electron chi connectivity index (χ1n) is 5.02.